The molecule has 34 heavy (non-hydrogen) atoms. The van der Waals surface area contributed by atoms with Crippen molar-refractivity contribution in [2.24, 2.45) is 5.92 Å². The highest BCUT2D eigenvalue weighted by atomic mass is 35.5. The van der Waals surface area contributed by atoms with E-state index in [2.05, 4.69) is 43.0 Å². The number of halogens is 1. The molecule has 176 valence electrons. The van der Waals surface area contributed by atoms with Gasteiger partial charge in [0.2, 0.25) is 11.9 Å². The van der Waals surface area contributed by atoms with Crippen LogP contribution < -0.4 is 20.9 Å². The van der Waals surface area contributed by atoms with Gasteiger partial charge in [-0.2, -0.15) is 4.98 Å². The molecule has 1 saturated heterocycles. The van der Waals surface area contributed by atoms with Gasteiger partial charge in [-0.05, 0) is 49.2 Å². The van der Waals surface area contributed by atoms with Gasteiger partial charge in [0.05, 0.1) is 30.8 Å². The molecule has 0 radical (unpaired) electrons. The van der Waals surface area contributed by atoms with Gasteiger partial charge in [-0.1, -0.05) is 30.2 Å². The zero-order valence-electron chi connectivity index (χ0n) is 18.8. The van der Waals surface area contributed by atoms with Crippen molar-refractivity contribution >= 4 is 52.0 Å². The number of benzene rings is 2. The predicted molar refractivity (Wildman–Crippen MR) is 135 cm³/mol. The first-order valence-electron chi connectivity index (χ1n) is 11.5. The average Bonchev–Trinajstić information content (AvgIpc) is 2.82. The lowest BCUT2D eigenvalue weighted by Crippen LogP contribution is -2.36. The van der Waals surface area contributed by atoms with Crippen molar-refractivity contribution in [2.75, 3.05) is 47.2 Å². The minimum atomic E-state index is 0.0529. The molecule has 0 bridgehead atoms. The fourth-order valence-corrected chi connectivity index (χ4v) is 4.09. The Morgan fingerprint density at radius 3 is 2.44 bits per heavy atom. The Bertz CT molecular complexity index is 1150. The standard InChI is InChI=1S/C25H27ClN6O2/c26-20-16-27-25(28-18-8-10-19(11-9-18)32-12-14-34-15-13-32)31-23(20)29-21-6-1-2-7-22(21)30-24(33)17-4-3-5-17/h1-2,6-11,16-17H,3-5,12-15H2,(H,30,33)(H2,27,28,29,31). The average molecular weight is 479 g/mol. The summed E-state index contributed by atoms with van der Waals surface area (Å²) >= 11 is 6.38. The highest BCUT2D eigenvalue weighted by molar-refractivity contribution is 6.33. The number of rotatable bonds is 7. The van der Waals surface area contributed by atoms with Crippen LogP contribution in [0.1, 0.15) is 19.3 Å². The second-order valence-electron chi connectivity index (χ2n) is 8.45. The van der Waals surface area contributed by atoms with E-state index < -0.39 is 0 Å². The highest BCUT2D eigenvalue weighted by Crippen LogP contribution is 2.32. The number of nitrogens with zero attached hydrogens (tertiary/aromatic N) is 3. The lowest BCUT2D eigenvalue weighted by molar-refractivity contribution is -0.122. The zero-order chi connectivity index (χ0) is 23.3. The molecule has 3 N–H and O–H groups in total. The fourth-order valence-electron chi connectivity index (χ4n) is 3.96. The lowest BCUT2D eigenvalue weighted by atomic mass is 9.85. The summed E-state index contributed by atoms with van der Waals surface area (Å²) < 4.78 is 5.42. The van der Waals surface area contributed by atoms with Gasteiger partial charge in [0.1, 0.15) is 5.02 Å². The monoisotopic (exact) mass is 478 g/mol. The van der Waals surface area contributed by atoms with E-state index in [1.54, 1.807) is 6.20 Å². The molecule has 3 aromatic rings. The smallest absolute Gasteiger partial charge is 0.229 e. The van der Waals surface area contributed by atoms with Crippen LogP contribution in [0.4, 0.5) is 34.5 Å². The third kappa shape index (κ3) is 5.24. The molecule has 2 aliphatic rings. The lowest BCUT2D eigenvalue weighted by Gasteiger charge is -2.28. The summed E-state index contributed by atoms with van der Waals surface area (Å²) in [6.45, 7) is 3.29. The number of para-hydroxylation sites is 2. The minimum Gasteiger partial charge on any atom is -0.378 e. The SMILES string of the molecule is O=C(Nc1ccccc1Nc1nc(Nc2ccc(N3CCOCC3)cc2)ncc1Cl)C1CCC1. The first kappa shape index (κ1) is 22.4. The van der Waals surface area contributed by atoms with E-state index in [-0.39, 0.29) is 11.8 Å². The second kappa shape index (κ2) is 10.3. The van der Waals surface area contributed by atoms with Crippen LogP contribution in [-0.2, 0) is 9.53 Å². The van der Waals surface area contributed by atoms with Gasteiger partial charge in [-0.25, -0.2) is 4.98 Å². The molecule has 1 saturated carbocycles. The molecule has 0 atom stereocenters. The van der Waals surface area contributed by atoms with E-state index in [0.717, 1.165) is 62.6 Å². The van der Waals surface area contributed by atoms with Gasteiger partial charge in [0.15, 0.2) is 5.82 Å². The molecule has 1 aromatic heterocycles. The van der Waals surface area contributed by atoms with Crippen LogP contribution in [0.3, 0.4) is 0 Å². The summed E-state index contributed by atoms with van der Waals surface area (Å²) in [5, 5.41) is 9.88. The van der Waals surface area contributed by atoms with Crippen molar-refractivity contribution in [3.05, 3.63) is 59.8 Å². The molecule has 8 nitrogen and oxygen atoms in total. The molecule has 9 heteroatoms. The van der Waals surface area contributed by atoms with Gasteiger partial charge in [-0.15, -0.1) is 0 Å². The summed E-state index contributed by atoms with van der Waals surface area (Å²) in [7, 11) is 0. The molecular weight excluding hydrogens is 452 g/mol. The number of nitrogens with one attached hydrogen (secondary N) is 3. The number of amides is 1. The Kier molecular flexibility index (Phi) is 6.78. The third-order valence-corrected chi connectivity index (χ3v) is 6.43. The number of hydrogen-bond donors (Lipinski definition) is 3. The maximum absolute atomic E-state index is 12.4. The topological polar surface area (TPSA) is 91.4 Å². The molecule has 1 aliphatic carbocycles. The maximum atomic E-state index is 12.4. The Morgan fingerprint density at radius 2 is 1.74 bits per heavy atom. The van der Waals surface area contributed by atoms with E-state index >= 15 is 0 Å². The van der Waals surface area contributed by atoms with Crippen LogP contribution in [0.25, 0.3) is 0 Å². The number of anilines is 6. The van der Waals surface area contributed by atoms with Crippen molar-refractivity contribution < 1.29 is 9.53 Å². The van der Waals surface area contributed by atoms with Crippen LogP contribution >= 0.6 is 11.6 Å². The number of hydrogen-bond acceptors (Lipinski definition) is 7. The van der Waals surface area contributed by atoms with Crippen molar-refractivity contribution in [3.8, 4) is 0 Å². The summed E-state index contributed by atoms with van der Waals surface area (Å²) in [4.78, 5) is 23.6. The molecule has 0 unspecified atom stereocenters. The Labute approximate surface area is 203 Å². The first-order valence-corrected chi connectivity index (χ1v) is 11.9. The molecule has 1 aliphatic heterocycles. The quantitative estimate of drug-likeness (QED) is 0.430. The van der Waals surface area contributed by atoms with E-state index in [4.69, 9.17) is 16.3 Å². The van der Waals surface area contributed by atoms with Crippen molar-refractivity contribution in [3.63, 3.8) is 0 Å². The van der Waals surface area contributed by atoms with E-state index in [1.807, 2.05) is 36.4 Å². The maximum Gasteiger partial charge on any atom is 0.229 e. The van der Waals surface area contributed by atoms with Crippen LogP contribution in [0.2, 0.25) is 5.02 Å². The minimum absolute atomic E-state index is 0.0529. The molecule has 2 fully saturated rings. The number of carbonyl (C=O) groups is 1. The number of carbonyl (C=O) groups excluding carboxylic acids is 1. The van der Waals surface area contributed by atoms with E-state index in [9.17, 15) is 4.79 Å². The molecule has 5 rings (SSSR count). The van der Waals surface area contributed by atoms with E-state index in [1.165, 1.54) is 0 Å². The van der Waals surface area contributed by atoms with Crippen molar-refractivity contribution in [2.45, 2.75) is 19.3 Å². The van der Waals surface area contributed by atoms with Gasteiger partial charge >= 0.3 is 0 Å². The predicted octanol–water partition coefficient (Wildman–Crippen LogP) is 5.19. The number of aromatic nitrogens is 2. The van der Waals surface area contributed by atoms with Crippen molar-refractivity contribution in [1.29, 1.82) is 0 Å². The second-order valence-corrected chi connectivity index (χ2v) is 8.86. The van der Waals surface area contributed by atoms with Crippen LogP contribution in [0.15, 0.2) is 54.7 Å². The van der Waals surface area contributed by atoms with Gasteiger partial charge in [-0.3, -0.25) is 4.79 Å². The largest absolute Gasteiger partial charge is 0.378 e. The zero-order valence-corrected chi connectivity index (χ0v) is 19.5. The Morgan fingerprint density at radius 1 is 1.00 bits per heavy atom. The number of morpholine rings is 1. The summed E-state index contributed by atoms with van der Waals surface area (Å²) in [6.07, 6.45) is 4.56. The normalized spacial score (nSPS) is 16.0. The van der Waals surface area contributed by atoms with Crippen molar-refractivity contribution in [1.82, 2.24) is 9.97 Å². The third-order valence-electron chi connectivity index (χ3n) is 6.16. The molecule has 2 heterocycles. The van der Waals surface area contributed by atoms with Crippen LogP contribution in [0.5, 0.6) is 0 Å². The molecule has 2 aromatic carbocycles. The first-order chi connectivity index (χ1) is 16.7. The summed E-state index contributed by atoms with van der Waals surface area (Å²) in [5.74, 6) is 1.02. The molecule has 0 spiro atoms. The van der Waals surface area contributed by atoms with Crippen LogP contribution in [0, 0.1) is 5.92 Å². The Hall–Kier alpha value is -3.36. The Balaban J connectivity index is 1.28. The van der Waals surface area contributed by atoms with E-state index in [0.29, 0.717) is 22.5 Å². The van der Waals surface area contributed by atoms with Gasteiger partial charge in [0, 0.05) is 30.4 Å². The molecule has 1 amide bonds. The fraction of sp³-hybridized carbons (Fsp3) is 0.320. The number of ether oxygens (including phenoxy) is 1. The highest BCUT2D eigenvalue weighted by Gasteiger charge is 2.25. The molecular formula is C25H27ClN6O2. The summed E-state index contributed by atoms with van der Waals surface area (Å²) in [5.41, 5.74) is 3.45. The van der Waals surface area contributed by atoms with Gasteiger partial charge < -0.3 is 25.6 Å². The van der Waals surface area contributed by atoms with Gasteiger partial charge in [0.25, 0.3) is 0 Å². The van der Waals surface area contributed by atoms with Crippen LogP contribution in [-0.4, -0.2) is 42.2 Å². The summed E-state index contributed by atoms with van der Waals surface area (Å²) in [6, 6.07) is 15.7.